The van der Waals surface area contributed by atoms with Crippen molar-refractivity contribution in [1.82, 2.24) is 15.2 Å². The van der Waals surface area contributed by atoms with E-state index in [-0.39, 0.29) is 5.95 Å². The van der Waals surface area contributed by atoms with Crippen LogP contribution in [0.25, 0.3) is 0 Å². The van der Waals surface area contributed by atoms with Crippen LogP contribution in [0.4, 0.5) is 5.95 Å². The topological polar surface area (TPSA) is 76.8 Å². The van der Waals surface area contributed by atoms with Crippen LogP contribution < -0.4 is 10.5 Å². The van der Waals surface area contributed by atoms with Gasteiger partial charge in [0.15, 0.2) is 5.82 Å². The molecule has 0 radical (unpaired) electrons. The van der Waals surface area contributed by atoms with Crippen LogP contribution in [-0.4, -0.2) is 15.2 Å². The monoisotopic (exact) mass is 218 g/mol. The molecule has 1 aromatic heterocycles. The molecule has 0 unspecified atom stereocenters. The molecule has 3 N–H and O–H groups in total. The van der Waals surface area contributed by atoms with Crippen LogP contribution in [0, 0.1) is 0 Å². The van der Waals surface area contributed by atoms with Gasteiger partial charge in [0.05, 0.1) is 0 Å². The first-order chi connectivity index (χ1) is 7.78. The number of H-pyrrole nitrogens is 1. The number of nitrogens with one attached hydrogen (secondary N) is 1. The summed E-state index contributed by atoms with van der Waals surface area (Å²) in [6, 6.07) is 7.98. The molecule has 0 aliphatic rings. The van der Waals surface area contributed by atoms with E-state index < -0.39 is 0 Å². The number of hydrogen-bond donors (Lipinski definition) is 2. The standard InChI is InChI=1S/C11H14N4O/c1-2-8-3-5-9(6-4-8)16-7-10-13-11(12)15-14-10/h3-6H,2,7H2,1H3,(H3,12,13,14,15). The summed E-state index contributed by atoms with van der Waals surface area (Å²) in [5.41, 5.74) is 6.66. The van der Waals surface area contributed by atoms with Crippen molar-refractivity contribution in [3.05, 3.63) is 35.7 Å². The van der Waals surface area contributed by atoms with Crippen molar-refractivity contribution in [3.8, 4) is 5.75 Å². The summed E-state index contributed by atoms with van der Waals surface area (Å²) in [4.78, 5) is 3.95. The van der Waals surface area contributed by atoms with E-state index in [1.54, 1.807) is 0 Å². The predicted molar refractivity (Wildman–Crippen MR) is 60.9 cm³/mol. The molecule has 0 saturated heterocycles. The van der Waals surface area contributed by atoms with Crippen molar-refractivity contribution in [2.45, 2.75) is 20.0 Å². The maximum Gasteiger partial charge on any atom is 0.239 e. The zero-order chi connectivity index (χ0) is 11.4. The van der Waals surface area contributed by atoms with Crippen LogP contribution in [0.2, 0.25) is 0 Å². The lowest BCUT2D eigenvalue weighted by molar-refractivity contribution is 0.296. The third-order valence-corrected chi connectivity index (χ3v) is 2.26. The first-order valence-electron chi connectivity index (χ1n) is 5.16. The third kappa shape index (κ3) is 2.50. The zero-order valence-corrected chi connectivity index (χ0v) is 9.10. The summed E-state index contributed by atoms with van der Waals surface area (Å²) in [7, 11) is 0. The van der Waals surface area contributed by atoms with Gasteiger partial charge in [0.25, 0.3) is 0 Å². The number of ether oxygens (including phenoxy) is 1. The molecule has 2 rings (SSSR count). The van der Waals surface area contributed by atoms with E-state index in [9.17, 15) is 0 Å². The minimum Gasteiger partial charge on any atom is -0.486 e. The summed E-state index contributed by atoms with van der Waals surface area (Å²) in [6.07, 6.45) is 1.03. The summed E-state index contributed by atoms with van der Waals surface area (Å²) < 4.78 is 5.52. The van der Waals surface area contributed by atoms with Crippen LogP contribution in [0.3, 0.4) is 0 Å². The lowest BCUT2D eigenvalue weighted by atomic mass is 10.2. The molecule has 0 aliphatic heterocycles. The predicted octanol–water partition coefficient (Wildman–Crippen LogP) is 1.53. The quantitative estimate of drug-likeness (QED) is 0.815. The highest BCUT2D eigenvalue weighted by Crippen LogP contribution is 2.13. The van der Waals surface area contributed by atoms with Crippen molar-refractivity contribution in [2.75, 3.05) is 5.73 Å². The van der Waals surface area contributed by atoms with Gasteiger partial charge in [-0.3, -0.25) is 5.10 Å². The highest BCUT2D eigenvalue weighted by Gasteiger charge is 2.00. The number of hydrogen-bond acceptors (Lipinski definition) is 4. The van der Waals surface area contributed by atoms with Crippen molar-refractivity contribution >= 4 is 5.95 Å². The second-order valence-electron chi connectivity index (χ2n) is 3.43. The summed E-state index contributed by atoms with van der Waals surface area (Å²) in [5.74, 6) is 1.67. The second-order valence-corrected chi connectivity index (χ2v) is 3.43. The van der Waals surface area contributed by atoms with Crippen LogP contribution in [0.15, 0.2) is 24.3 Å². The molecule has 0 aliphatic carbocycles. The Morgan fingerprint density at radius 2 is 2.06 bits per heavy atom. The SMILES string of the molecule is CCc1ccc(OCc2nc(N)n[nH]2)cc1. The Hall–Kier alpha value is -2.04. The van der Waals surface area contributed by atoms with Crippen molar-refractivity contribution in [1.29, 1.82) is 0 Å². The second kappa shape index (κ2) is 4.65. The van der Waals surface area contributed by atoms with Gasteiger partial charge in [-0.1, -0.05) is 19.1 Å². The van der Waals surface area contributed by atoms with Gasteiger partial charge in [0, 0.05) is 0 Å². The molecule has 0 fully saturated rings. The molecular weight excluding hydrogens is 204 g/mol. The minimum absolute atomic E-state index is 0.236. The average molecular weight is 218 g/mol. The number of aromatic amines is 1. The van der Waals surface area contributed by atoms with Gasteiger partial charge in [-0.2, -0.15) is 4.98 Å². The van der Waals surface area contributed by atoms with E-state index in [4.69, 9.17) is 10.5 Å². The van der Waals surface area contributed by atoms with Crippen LogP contribution in [0.5, 0.6) is 5.75 Å². The van der Waals surface area contributed by atoms with Gasteiger partial charge >= 0.3 is 0 Å². The normalized spacial score (nSPS) is 10.3. The summed E-state index contributed by atoms with van der Waals surface area (Å²) >= 11 is 0. The molecule has 16 heavy (non-hydrogen) atoms. The Kier molecular flexibility index (Phi) is 3.05. The van der Waals surface area contributed by atoms with Crippen LogP contribution in [-0.2, 0) is 13.0 Å². The number of nitrogens with two attached hydrogens (primary N) is 1. The molecule has 0 bridgehead atoms. The Bertz CT molecular complexity index is 449. The van der Waals surface area contributed by atoms with Crippen molar-refractivity contribution in [3.63, 3.8) is 0 Å². The van der Waals surface area contributed by atoms with Gasteiger partial charge in [-0.15, -0.1) is 5.10 Å². The minimum atomic E-state index is 0.236. The van der Waals surface area contributed by atoms with Gasteiger partial charge < -0.3 is 10.5 Å². The number of rotatable bonds is 4. The highest BCUT2D eigenvalue weighted by atomic mass is 16.5. The number of aryl methyl sites for hydroxylation is 1. The molecule has 5 nitrogen and oxygen atoms in total. The Morgan fingerprint density at radius 1 is 1.31 bits per heavy atom. The Balaban J connectivity index is 1.94. The molecule has 0 spiro atoms. The molecule has 1 aromatic carbocycles. The average Bonchev–Trinajstić information content (AvgIpc) is 2.73. The molecular formula is C11H14N4O. The molecule has 1 heterocycles. The highest BCUT2D eigenvalue weighted by molar-refractivity contribution is 5.27. The van der Waals surface area contributed by atoms with E-state index in [0.717, 1.165) is 12.2 Å². The smallest absolute Gasteiger partial charge is 0.239 e. The van der Waals surface area contributed by atoms with E-state index >= 15 is 0 Å². The molecule has 84 valence electrons. The zero-order valence-electron chi connectivity index (χ0n) is 9.10. The fraction of sp³-hybridized carbons (Fsp3) is 0.273. The third-order valence-electron chi connectivity index (χ3n) is 2.26. The number of nitrogens with zero attached hydrogens (tertiary/aromatic N) is 2. The fourth-order valence-electron chi connectivity index (χ4n) is 1.35. The van der Waals surface area contributed by atoms with Gasteiger partial charge in [0.1, 0.15) is 12.4 Å². The Morgan fingerprint density at radius 3 is 2.62 bits per heavy atom. The van der Waals surface area contributed by atoms with Crippen molar-refractivity contribution in [2.24, 2.45) is 0 Å². The Labute approximate surface area is 93.7 Å². The van der Waals surface area contributed by atoms with E-state index in [2.05, 4.69) is 22.1 Å². The first kappa shape index (κ1) is 10.5. The van der Waals surface area contributed by atoms with Crippen LogP contribution >= 0.6 is 0 Å². The number of benzene rings is 1. The van der Waals surface area contributed by atoms with Gasteiger partial charge in [-0.25, -0.2) is 0 Å². The van der Waals surface area contributed by atoms with E-state index in [1.165, 1.54) is 5.56 Å². The summed E-state index contributed by atoms with van der Waals surface area (Å²) in [5, 5.41) is 6.41. The fourth-order valence-corrected chi connectivity index (χ4v) is 1.35. The lowest BCUT2D eigenvalue weighted by Crippen LogP contribution is -1.98. The maximum atomic E-state index is 5.52. The molecule has 0 amide bonds. The van der Waals surface area contributed by atoms with E-state index in [0.29, 0.717) is 12.4 Å². The number of nitrogen functional groups attached to an aromatic ring is 1. The number of anilines is 1. The summed E-state index contributed by atoms with van der Waals surface area (Å²) in [6.45, 7) is 2.46. The molecule has 0 atom stereocenters. The molecule has 2 aromatic rings. The maximum absolute atomic E-state index is 5.52. The van der Waals surface area contributed by atoms with E-state index in [1.807, 2.05) is 24.3 Å². The lowest BCUT2D eigenvalue weighted by Gasteiger charge is -2.04. The molecule has 5 heteroatoms. The number of aromatic nitrogens is 3. The largest absolute Gasteiger partial charge is 0.486 e. The van der Waals surface area contributed by atoms with Crippen molar-refractivity contribution < 1.29 is 4.74 Å². The van der Waals surface area contributed by atoms with Gasteiger partial charge in [0.2, 0.25) is 5.95 Å². The van der Waals surface area contributed by atoms with Gasteiger partial charge in [-0.05, 0) is 24.1 Å². The first-order valence-corrected chi connectivity index (χ1v) is 5.16. The molecule has 0 saturated carbocycles. The van der Waals surface area contributed by atoms with Crippen LogP contribution in [0.1, 0.15) is 18.3 Å².